The standard InChI is InChI=1S/C9H12N2.2C2H6/c1-8-6-11(7-8)9-4-2-3-5-10-9;2*1-2/h2-5,8H,6-7H2,1H3;2*1-2H3. The third kappa shape index (κ3) is 4.32. The van der Waals surface area contributed by atoms with E-state index in [0.29, 0.717) is 0 Å². The molecule has 86 valence electrons. The summed E-state index contributed by atoms with van der Waals surface area (Å²) in [5.74, 6) is 1.96. The summed E-state index contributed by atoms with van der Waals surface area (Å²) in [6.45, 7) is 12.6. The number of hydrogen-bond donors (Lipinski definition) is 0. The second kappa shape index (κ2) is 8.27. The summed E-state index contributed by atoms with van der Waals surface area (Å²) in [6, 6.07) is 6.05. The SMILES string of the molecule is CC.CC.CC1CN(c2ccccn2)C1. The van der Waals surface area contributed by atoms with Crippen molar-refractivity contribution in [3.63, 3.8) is 0 Å². The van der Waals surface area contributed by atoms with E-state index in [2.05, 4.69) is 22.9 Å². The van der Waals surface area contributed by atoms with Crippen molar-refractivity contribution < 1.29 is 0 Å². The van der Waals surface area contributed by atoms with Gasteiger partial charge in [0.05, 0.1) is 0 Å². The number of aromatic nitrogens is 1. The molecule has 0 N–H and O–H groups in total. The summed E-state index contributed by atoms with van der Waals surface area (Å²) in [5, 5.41) is 0. The molecule has 1 fully saturated rings. The highest BCUT2D eigenvalue weighted by atomic mass is 15.2. The molecule has 2 nitrogen and oxygen atoms in total. The molecule has 0 aliphatic carbocycles. The molecule has 2 heterocycles. The normalized spacial score (nSPS) is 14.1. The van der Waals surface area contributed by atoms with Gasteiger partial charge >= 0.3 is 0 Å². The number of rotatable bonds is 1. The number of anilines is 1. The molecule has 1 aromatic rings. The van der Waals surface area contributed by atoms with Gasteiger partial charge < -0.3 is 4.90 Å². The van der Waals surface area contributed by atoms with Crippen LogP contribution in [0.15, 0.2) is 24.4 Å². The molecule has 2 heteroatoms. The lowest BCUT2D eigenvalue weighted by molar-refractivity contribution is 0.443. The molecule has 15 heavy (non-hydrogen) atoms. The van der Waals surface area contributed by atoms with Gasteiger partial charge in [0, 0.05) is 19.3 Å². The second-order valence-corrected chi connectivity index (χ2v) is 3.20. The first kappa shape index (κ1) is 13.9. The van der Waals surface area contributed by atoms with Crippen molar-refractivity contribution >= 4 is 5.82 Å². The van der Waals surface area contributed by atoms with Crippen molar-refractivity contribution in [3.8, 4) is 0 Å². The Hall–Kier alpha value is -1.05. The highest BCUT2D eigenvalue weighted by Gasteiger charge is 2.22. The van der Waals surface area contributed by atoms with Gasteiger partial charge in [0.15, 0.2) is 0 Å². The lowest BCUT2D eigenvalue weighted by Gasteiger charge is -2.38. The summed E-state index contributed by atoms with van der Waals surface area (Å²) < 4.78 is 0. The Balaban J connectivity index is 0.000000442. The Morgan fingerprint density at radius 1 is 1.13 bits per heavy atom. The molecular formula is C13H24N2. The van der Waals surface area contributed by atoms with Crippen LogP contribution in [0.1, 0.15) is 34.6 Å². The molecule has 0 atom stereocenters. The summed E-state index contributed by atoms with van der Waals surface area (Å²) in [4.78, 5) is 6.56. The van der Waals surface area contributed by atoms with E-state index < -0.39 is 0 Å². The van der Waals surface area contributed by atoms with Crippen molar-refractivity contribution in [2.24, 2.45) is 5.92 Å². The van der Waals surface area contributed by atoms with E-state index in [4.69, 9.17) is 0 Å². The first-order chi connectivity index (χ1) is 7.36. The topological polar surface area (TPSA) is 16.1 Å². The molecule has 1 saturated heterocycles. The second-order valence-electron chi connectivity index (χ2n) is 3.20. The summed E-state index contributed by atoms with van der Waals surface area (Å²) in [6.07, 6.45) is 1.85. The van der Waals surface area contributed by atoms with Crippen LogP contribution in [0.4, 0.5) is 5.82 Å². The van der Waals surface area contributed by atoms with E-state index in [-0.39, 0.29) is 0 Å². The molecule has 0 spiro atoms. The fourth-order valence-electron chi connectivity index (χ4n) is 1.43. The number of nitrogens with zero attached hydrogens (tertiary/aromatic N) is 2. The molecule has 0 radical (unpaired) electrons. The van der Waals surface area contributed by atoms with Gasteiger partial charge in [-0.2, -0.15) is 0 Å². The van der Waals surface area contributed by atoms with Gasteiger partial charge in [-0.25, -0.2) is 4.98 Å². The quantitative estimate of drug-likeness (QED) is 0.701. The van der Waals surface area contributed by atoms with Gasteiger partial charge in [0.2, 0.25) is 0 Å². The van der Waals surface area contributed by atoms with E-state index in [1.54, 1.807) is 0 Å². The Morgan fingerprint density at radius 2 is 1.73 bits per heavy atom. The number of hydrogen-bond acceptors (Lipinski definition) is 2. The molecular weight excluding hydrogens is 184 g/mol. The van der Waals surface area contributed by atoms with E-state index in [9.17, 15) is 0 Å². The minimum absolute atomic E-state index is 0.844. The average Bonchev–Trinajstić information content (AvgIpc) is 2.31. The summed E-state index contributed by atoms with van der Waals surface area (Å²) >= 11 is 0. The van der Waals surface area contributed by atoms with E-state index >= 15 is 0 Å². The Morgan fingerprint density at radius 3 is 2.13 bits per heavy atom. The van der Waals surface area contributed by atoms with Gasteiger partial charge in [0.25, 0.3) is 0 Å². The van der Waals surface area contributed by atoms with Gasteiger partial charge in [-0.1, -0.05) is 40.7 Å². The third-order valence-electron chi connectivity index (χ3n) is 2.04. The van der Waals surface area contributed by atoms with Crippen molar-refractivity contribution in [2.45, 2.75) is 34.6 Å². The fourth-order valence-corrected chi connectivity index (χ4v) is 1.43. The monoisotopic (exact) mass is 208 g/mol. The molecule has 0 bridgehead atoms. The van der Waals surface area contributed by atoms with Crippen molar-refractivity contribution in [3.05, 3.63) is 24.4 Å². The number of pyridine rings is 1. The van der Waals surface area contributed by atoms with Gasteiger partial charge in [-0.3, -0.25) is 0 Å². The maximum absolute atomic E-state index is 4.26. The molecule has 0 aromatic carbocycles. The smallest absolute Gasteiger partial charge is 0.128 e. The minimum Gasteiger partial charge on any atom is -0.356 e. The van der Waals surface area contributed by atoms with Crippen LogP contribution < -0.4 is 4.90 Å². The minimum atomic E-state index is 0.844. The zero-order valence-corrected chi connectivity index (χ0v) is 10.7. The predicted molar refractivity (Wildman–Crippen MR) is 68.3 cm³/mol. The highest BCUT2D eigenvalue weighted by Crippen LogP contribution is 2.20. The maximum atomic E-state index is 4.26. The van der Waals surface area contributed by atoms with Crippen molar-refractivity contribution in [1.29, 1.82) is 0 Å². The van der Waals surface area contributed by atoms with Gasteiger partial charge in [-0.15, -0.1) is 0 Å². The molecule has 1 aliphatic rings. The van der Waals surface area contributed by atoms with Crippen molar-refractivity contribution in [1.82, 2.24) is 4.98 Å². The van der Waals surface area contributed by atoms with E-state index in [0.717, 1.165) is 24.8 Å². The molecule has 0 saturated carbocycles. The van der Waals surface area contributed by atoms with Crippen LogP contribution in [-0.4, -0.2) is 18.1 Å². The average molecular weight is 208 g/mol. The van der Waals surface area contributed by atoms with Crippen molar-refractivity contribution in [2.75, 3.05) is 18.0 Å². The highest BCUT2D eigenvalue weighted by molar-refractivity contribution is 5.40. The fraction of sp³-hybridized carbons (Fsp3) is 0.615. The molecule has 1 aliphatic heterocycles. The molecule has 1 aromatic heterocycles. The zero-order chi connectivity index (χ0) is 11.7. The van der Waals surface area contributed by atoms with Crippen LogP contribution in [-0.2, 0) is 0 Å². The zero-order valence-electron chi connectivity index (χ0n) is 10.7. The van der Waals surface area contributed by atoms with Crippen LogP contribution in [0.25, 0.3) is 0 Å². The van der Waals surface area contributed by atoms with E-state index in [1.165, 1.54) is 0 Å². The maximum Gasteiger partial charge on any atom is 0.128 e. The third-order valence-corrected chi connectivity index (χ3v) is 2.04. The van der Waals surface area contributed by atoms with Crippen LogP contribution in [0.5, 0.6) is 0 Å². The van der Waals surface area contributed by atoms with Crippen LogP contribution in [0.3, 0.4) is 0 Å². The van der Waals surface area contributed by atoms with Gasteiger partial charge in [-0.05, 0) is 18.1 Å². The Labute approximate surface area is 94.3 Å². The lowest BCUT2D eigenvalue weighted by Crippen LogP contribution is -2.45. The molecule has 0 unspecified atom stereocenters. The largest absolute Gasteiger partial charge is 0.356 e. The summed E-state index contributed by atoms with van der Waals surface area (Å²) in [5.41, 5.74) is 0. The molecule has 0 amide bonds. The van der Waals surface area contributed by atoms with Crippen LogP contribution in [0.2, 0.25) is 0 Å². The van der Waals surface area contributed by atoms with Crippen LogP contribution >= 0.6 is 0 Å². The Bertz CT molecular complexity index is 228. The first-order valence-corrected chi connectivity index (χ1v) is 6.02. The van der Waals surface area contributed by atoms with Gasteiger partial charge in [0.1, 0.15) is 5.82 Å². The Kier molecular flexibility index (Phi) is 7.69. The first-order valence-electron chi connectivity index (χ1n) is 6.02. The predicted octanol–water partition coefficient (Wildman–Crippen LogP) is 3.59. The van der Waals surface area contributed by atoms with E-state index in [1.807, 2.05) is 46.0 Å². The molecule has 2 rings (SSSR count). The lowest BCUT2D eigenvalue weighted by atomic mass is 10.0. The summed E-state index contributed by atoms with van der Waals surface area (Å²) in [7, 11) is 0. The van der Waals surface area contributed by atoms with Crippen LogP contribution in [0, 0.1) is 5.92 Å².